The highest BCUT2D eigenvalue weighted by Gasteiger charge is 2.36. The largest absolute Gasteiger partial charge is 0.462 e. The average Bonchev–Trinajstić information content (AvgIpc) is 3.52. The molecule has 1 unspecified atom stereocenters. The third kappa shape index (κ3) is 3.87. The first-order valence-electron chi connectivity index (χ1n) is 11.0. The minimum Gasteiger partial charge on any atom is -0.462 e. The van der Waals surface area contributed by atoms with Crippen LogP contribution >= 0.6 is 0 Å². The topological polar surface area (TPSA) is 104 Å². The van der Waals surface area contributed by atoms with Crippen LogP contribution in [0.2, 0.25) is 0 Å². The van der Waals surface area contributed by atoms with Gasteiger partial charge in [-0.15, -0.1) is 0 Å². The van der Waals surface area contributed by atoms with Gasteiger partial charge < -0.3 is 9.30 Å². The van der Waals surface area contributed by atoms with Crippen molar-refractivity contribution < 1.29 is 26.9 Å². The summed E-state index contributed by atoms with van der Waals surface area (Å²) in [4.78, 5) is 25.4. The van der Waals surface area contributed by atoms with Crippen molar-refractivity contribution in [3.63, 3.8) is 0 Å². The van der Waals surface area contributed by atoms with Crippen molar-refractivity contribution in [3.05, 3.63) is 35.3 Å². The molecule has 4 aromatic heterocycles. The predicted octanol–water partition coefficient (Wildman–Crippen LogP) is 3.88. The maximum absolute atomic E-state index is 13.2. The van der Waals surface area contributed by atoms with Gasteiger partial charge in [-0.2, -0.15) is 18.3 Å². The Hall–Kier alpha value is -3.35. The van der Waals surface area contributed by atoms with Gasteiger partial charge in [0.25, 0.3) is 0 Å². The van der Waals surface area contributed by atoms with Gasteiger partial charge in [0.2, 0.25) is 0 Å². The highest BCUT2D eigenvalue weighted by atomic mass is 32.2. The first-order chi connectivity index (χ1) is 16.7. The van der Waals surface area contributed by atoms with Crippen LogP contribution in [-0.2, 0) is 28.8 Å². The molecule has 35 heavy (non-hydrogen) atoms. The van der Waals surface area contributed by atoms with Gasteiger partial charge in [-0.25, -0.2) is 24.3 Å². The summed E-state index contributed by atoms with van der Waals surface area (Å²) >= 11 is 0. The van der Waals surface area contributed by atoms with Crippen LogP contribution in [-0.4, -0.2) is 51.7 Å². The Labute approximate surface area is 199 Å². The molecule has 0 N–H and O–H groups in total. The summed E-state index contributed by atoms with van der Waals surface area (Å²) in [7, 11) is 0.0658. The van der Waals surface area contributed by atoms with Crippen molar-refractivity contribution in [2.24, 2.45) is 7.05 Å². The van der Waals surface area contributed by atoms with Crippen molar-refractivity contribution in [1.82, 2.24) is 29.1 Å². The maximum Gasteiger partial charge on any atom is 0.417 e. The quantitative estimate of drug-likeness (QED) is 0.366. The van der Waals surface area contributed by atoms with E-state index in [9.17, 15) is 22.2 Å². The number of carbonyl (C=O) groups is 1. The number of aromatic nitrogens is 6. The molecule has 0 aliphatic heterocycles. The van der Waals surface area contributed by atoms with E-state index in [1.54, 1.807) is 20.9 Å². The van der Waals surface area contributed by atoms with E-state index in [2.05, 4.69) is 20.1 Å². The summed E-state index contributed by atoms with van der Waals surface area (Å²) in [5.74, 6) is 0.0234. The fourth-order valence-electron chi connectivity index (χ4n) is 4.04. The van der Waals surface area contributed by atoms with Gasteiger partial charge in [0.1, 0.15) is 11.3 Å². The number of carbonyl (C=O) groups excluding carboxylic acids is 1. The van der Waals surface area contributed by atoms with Crippen molar-refractivity contribution in [3.8, 4) is 11.4 Å². The molecule has 1 aliphatic rings. The van der Waals surface area contributed by atoms with E-state index >= 15 is 0 Å². The monoisotopic (exact) mass is 506 g/mol. The number of esters is 1. The van der Waals surface area contributed by atoms with Crippen LogP contribution in [0.4, 0.5) is 13.2 Å². The van der Waals surface area contributed by atoms with E-state index in [1.807, 2.05) is 0 Å². The summed E-state index contributed by atoms with van der Waals surface area (Å²) in [6.45, 7) is 3.64. The van der Waals surface area contributed by atoms with E-state index in [-0.39, 0.29) is 45.9 Å². The lowest BCUT2D eigenvalue weighted by molar-refractivity contribution is -0.137. The van der Waals surface area contributed by atoms with Gasteiger partial charge in [-0.1, -0.05) is 6.92 Å². The summed E-state index contributed by atoms with van der Waals surface area (Å²) in [6.07, 6.45) is -0.702. The molecule has 0 saturated heterocycles. The second-order valence-electron chi connectivity index (χ2n) is 8.16. The SMILES string of the molecule is CCOC(=O)c1cnc2c(-c3nc4cc(C(F)(F)F)cnc4n3C)c(S(=O)CC)nn2c1C1CC1. The molecule has 0 spiro atoms. The third-order valence-corrected chi connectivity index (χ3v) is 7.09. The van der Waals surface area contributed by atoms with Crippen LogP contribution in [0, 0.1) is 0 Å². The Kier molecular flexibility index (Phi) is 5.61. The number of hydrogen-bond donors (Lipinski definition) is 0. The molecule has 1 atom stereocenters. The molecule has 13 heteroatoms. The number of alkyl halides is 3. The lowest BCUT2D eigenvalue weighted by Crippen LogP contribution is -2.13. The van der Waals surface area contributed by atoms with Gasteiger partial charge in [0, 0.05) is 31.1 Å². The van der Waals surface area contributed by atoms with Crippen LogP contribution in [0.25, 0.3) is 28.2 Å². The molecule has 5 rings (SSSR count). The van der Waals surface area contributed by atoms with E-state index < -0.39 is 28.5 Å². The molecular formula is C22H21F3N6O3S. The molecule has 184 valence electrons. The normalized spacial score (nSPS) is 15.1. The first kappa shape index (κ1) is 23.4. The Morgan fingerprint density at radius 2 is 1.91 bits per heavy atom. The van der Waals surface area contributed by atoms with Crippen LogP contribution in [0.5, 0.6) is 0 Å². The molecule has 1 fully saturated rings. The summed E-state index contributed by atoms with van der Waals surface area (Å²) in [6, 6.07) is 0.926. The number of pyridine rings is 1. The Morgan fingerprint density at radius 3 is 2.54 bits per heavy atom. The minimum atomic E-state index is -4.57. The van der Waals surface area contributed by atoms with Gasteiger partial charge in [0.05, 0.1) is 39.8 Å². The van der Waals surface area contributed by atoms with E-state index in [0.29, 0.717) is 16.9 Å². The van der Waals surface area contributed by atoms with Gasteiger partial charge in [-0.05, 0) is 25.8 Å². The summed E-state index contributed by atoms with van der Waals surface area (Å²) < 4.78 is 60.9. The lowest BCUT2D eigenvalue weighted by Gasteiger charge is -2.10. The summed E-state index contributed by atoms with van der Waals surface area (Å²) in [5, 5.41) is 4.78. The number of halogens is 3. The number of rotatable bonds is 6. The number of imidazole rings is 1. The first-order valence-corrected chi connectivity index (χ1v) is 12.3. The van der Waals surface area contributed by atoms with Crippen molar-refractivity contribution in [2.45, 2.75) is 43.8 Å². The van der Waals surface area contributed by atoms with Crippen molar-refractivity contribution in [1.29, 1.82) is 0 Å². The Bertz CT molecular complexity index is 1510. The second-order valence-corrected chi connectivity index (χ2v) is 9.82. The highest BCUT2D eigenvalue weighted by molar-refractivity contribution is 7.85. The van der Waals surface area contributed by atoms with Crippen LogP contribution in [0.1, 0.15) is 54.2 Å². The van der Waals surface area contributed by atoms with Gasteiger partial charge >= 0.3 is 12.1 Å². The molecule has 0 bridgehead atoms. The summed E-state index contributed by atoms with van der Waals surface area (Å²) in [5.41, 5.74) is 0.890. The smallest absolute Gasteiger partial charge is 0.417 e. The predicted molar refractivity (Wildman–Crippen MR) is 120 cm³/mol. The molecule has 0 aromatic carbocycles. The zero-order chi connectivity index (χ0) is 25.1. The maximum atomic E-state index is 13.2. The molecule has 0 radical (unpaired) electrons. The molecule has 1 aliphatic carbocycles. The van der Waals surface area contributed by atoms with Crippen molar-refractivity contribution >= 4 is 33.6 Å². The van der Waals surface area contributed by atoms with Crippen molar-refractivity contribution in [2.75, 3.05) is 12.4 Å². The Balaban J connectivity index is 1.80. The third-order valence-electron chi connectivity index (χ3n) is 5.85. The van der Waals surface area contributed by atoms with Crippen LogP contribution < -0.4 is 0 Å². The standard InChI is InChI=1S/C22H21F3N6O3S/c1-4-34-21(32)13-10-27-18-15(20(35(33)5-2)29-31(18)16(13)11-6-7-11)19-28-14-8-12(22(23,24)25)9-26-17(14)30(19)3/h8-11H,4-7H2,1-3H3. The second kappa shape index (κ2) is 8.40. The Morgan fingerprint density at radius 1 is 1.20 bits per heavy atom. The lowest BCUT2D eigenvalue weighted by atomic mass is 10.1. The molecular weight excluding hydrogens is 485 g/mol. The average molecular weight is 507 g/mol. The van der Waals surface area contributed by atoms with Crippen LogP contribution in [0.15, 0.2) is 23.5 Å². The minimum absolute atomic E-state index is 0.0375. The molecule has 1 saturated carbocycles. The zero-order valence-electron chi connectivity index (χ0n) is 19.1. The number of aryl methyl sites for hydroxylation is 1. The molecule has 9 nitrogen and oxygen atoms in total. The number of fused-ring (bicyclic) bond motifs is 2. The fourth-order valence-corrected chi connectivity index (χ4v) is 4.90. The number of ether oxygens (including phenoxy) is 1. The van der Waals surface area contributed by atoms with E-state index in [4.69, 9.17) is 4.74 Å². The van der Waals surface area contributed by atoms with E-state index in [1.165, 1.54) is 15.3 Å². The number of hydrogen-bond acceptors (Lipinski definition) is 7. The molecule has 4 heterocycles. The van der Waals surface area contributed by atoms with Gasteiger partial charge in [0.15, 0.2) is 16.3 Å². The molecule has 4 aromatic rings. The zero-order valence-corrected chi connectivity index (χ0v) is 19.9. The highest BCUT2D eigenvalue weighted by Crippen LogP contribution is 2.43. The number of nitrogens with zero attached hydrogens (tertiary/aromatic N) is 6. The fraction of sp³-hybridized carbons (Fsp3) is 0.409. The molecule has 0 amide bonds. The van der Waals surface area contributed by atoms with Crippen LogP contribution in [0.3, 0.4) is 0 Å². The van der Waals surface area contributed by atoms with E-state index in [0.717, 1.165) is 25.1 Å². The van der Waals surface area contributed by atoms with Gasteiger partial charge in [-0.3, -0.25) is 4.21 Å².